The van der Waals surface area contributed by atoms with Crippen molar-refractivity contribution in [1.82, 2.24) is 4.98 Å². The molecule has 0 atom stereocenters. The van der Waals surface area contributed by atoms with Gasteiger partial charge in [-0.3, -0.25) is 9.78 Å². The van der Waals surface area contributed by atoms with Gasteiger partial charge in [0.15, 0.2) is 0 Å². The summed E-state index contributed by atoms with van der Waals surface area (Å²) < 4.78 is 0. The number of benzene rings is 2. The number of aromatic nitrogens is 1. The van der Waals surface area contributed by atoms with E-state index in [9.17, 15) is 4.79 Å². The van der Waals surface area contributed by atoms with Gasteiger partial charge in [0.25, 0.3) is 5.91 Å². The Morgan fingerprint density at radius 2 is 1.57 bits per heavy atom. The predicted molar refractivity (Wildman–Crippen MR) is 93.5 cm³/mol. The molecule has 0 aliphatic rings. The monoisotopic (exact) mass is 302 g/mol. The Bertz CT molecular complexity index is 824. The summed E-state index contributed by atoms with van der Waals surface area (Å²) in [6.45, 7) is 3.91. The highest BCUT2D eigenvalue weighted by molar-refractivity contribution is 6.05. The van der Waals surface area contributed by atoms with Crippen molar-refractivity contribution in [2.45, 2.75) is 13.8 Å². The number of anilines is 1. The van der Waals surface area contributed by atoms with Crippen molar-refractivity contribution in [3.63, 3.8) is 0 Å². The van der Waals surface area contributed by atoms with Crippen molar-refractivity contribution in [2.75, 3.05) is 5.32 Å². The summed E-state index contributed by atoms with van der Waals surface area (Å²) >= 11 is 0. The van der Waals surface area contributed by atoms with Crippen LogP contribution < -0.4 is 5.32 Å². The van der Waals surface area contributed by atoms with E-state index in [1.54, 1.807) is 0 Å². The van der Waals surface area contributed by atoms with Gasteiger partial charge in [0.1, 0.15) is 0 Å². The standard InChI is InChI=1S/C20H18N2O/c1-14-8-10-16(11-9-14)19-13-12-18(15(2)21-19)20(23)22-17-6-4-3-5-7-17/h3-13H,1-2H3,(H,22,23). The van der Waals surface area contributed by atoms with E-state index in [2.05, 4.69) is 29.4 Å². The highest BCUT2D eigenvalue weighted by Crippen LogP contribution is 2.20. The molecule has 3 nitrogen and oxygen atoms in total. The summed E-state index contributed by atoms with van der Waals surface area (Å²) in [5.41, 5.74) is 5.22. The molecule has 2 aromatic carbocycles. The summed E-state index contributed by atoms with van der Waals surface area (Å²) in [7, 11) is 0. The maximum absolute atomic E-state index is 12.4. The predicted octanol–water partition coefficient (Wildman–Crippen LogP) is 4.62. The zero-order valence-electron chi connectivity index (χ0n) is 13.2. The smallest absolute Gasteiger partial charge is 0.257 e. The van der Waals surface area contributed by atoms with Crippen molar-refractivity contribution < 1.29 is 4.79 Å². The Balaban J connectivity index is 1.84. The second kappa shape index (κ2) is 6.44. The van der Waals surface area contributed by atoms with E-state index < -0.39 is 0 Å². The van der Waals surface area contributed by atoms with E-state index in [1.165, 1.54) is 5.56 Å². The number of para-hydroxylation sites is 1. The quantitative estimate of drug-likeness (QED) is 0.767. The first-order chi connectivity index (χ1) is 11.1. The number of hydrogen-bond acceptors (Lipinski definition) is 2. The van der Waals surface area contributed by atoms with Crippen molar-refractivity contribution in [3.05, 3.63) is 83.6 Å². The van der Waals surface area contributed by atoms with Crippen molar-refractivity contribution in [1.29, 1.82) is 0 Å². The van der Waals surface area contributed by atoms with Gasteiger partial charge in [0.2, 0.25) is 0 Å². The lowest BCUT2D eigenvalue weighted by Crippen LogP contribution is -2.14. The van der Waals surface area contributed by atoms with E-state index in [4.69, 9.17) is 0 Å². The lowest BCUT2D eigenvalue weighted by atomic mass is 10.1. The SMILES string of the molecule is Cc1ccc(-c2ccc(C(=O)Nc3ccccc3)c(C)n2)cc1. The Morgan fingerprint density at radius 1 is 0.870 bits per heavy atom. The maximum atomic E-state index is 12.4. The lowest BCUT2D eigenvalue weighted by molar-refractivity contribution is 0.102. The molecule has 1 aromatic heterocycles. The van der Waals surface area contributed by atoms with Crippen LogP contribution in [0.5, 0.6) is 0 Å². The van der Waals surface area contributed by atoms with Crippen LogP contribution in [0.1, 0.15) is 21.6 Å². The summed E-state index contributed by atoms with van der Waals surface area (Å²) in [4.78, 5) is 17.0. The van der Waals surface area contributed by atoms with Gasteiger partial charge >= 0.3 is 0 Å². The third-order valence-electron chi connectivity index (χ3n) is 3.71. The summed E-state index contributed by atoms with van der Waals surface area (Å²) in [6, 6.07) is 21.3. The first-order valence-electron chi connectivity index (χ1n) is 7.54. The first-order valence-corrected chi connectivity index (χ1v) is 7.54. The molecule has 3 rings (SSSR count). The number of aryl methyl sites for hydroxylation is 2. The molecule has 0 aliphatic heterocycles. The summed E-state index contributed by atoms with van der Waals surface area (Å²) in [5.74, 6) is -0.142. The van der Waals surface area contributed by atoms with Crippen LogP contribution in [0.15, 0.2) is 66.7 Å². The highest BCUT2D eigenvalue weighted by Gasteiger charge is 2.11. The lowest BCUT2D eigenvalue weighted by Gasteiger charge is -2.09. The average Bonchev–Trinajstić information content (AvgIpc) is 2.56. The molecule has 3 aromatic rings. The number of rotatable bonds is 3. The molecule has 0 aliphatic carbocycles. The molecular weight excluding hydrogens is 284 g/mol. The second-order valence-corrected chi connectivity index (χ2v) is 5.52. The van der Waals surface area contributed by atoms with Crippen molar-refractivity contribution in [2.24, 2.45) is 0 Å². The molecule has 0 saturated carbocycles. The van der Waals surface area contributed by atoms with Gasteiger partial charge in [-0.2, -0.15) is 0 Å². The maximum Gasteiger partial charge on any atom is 0.257 e. The first kappa shape index (κ1) is 15.0. The van der Waals surface area contributed by atoms with Crippen LogP contribution in [0, 0.1) is 13.8 Å². The molecule has 1 heterocycles. The van der Waals surface area contributed by atoms with Gasteiger partial charge in [-0.05, 0) is 38.1 Å². The normalized spacial score (nSPS) is 10.3. The van der Waals surface area contributed by atoms with Gasteiger partial charge in [-0.1, -0.05) is 48.0 Å². The molecule has 0 radical (unpaired) electrons. The Kier molecular flexibility index (Phi) is 4.20. The highest BCUT2D eigenvalue weighted by atomic mass is 16.1. The van der Waals surface area contributed by atoms with E-state index in [-0.39, 0.29) is 5.91 Å². The molecular formula is C20H18N2O. The molecule has 0 fully saturated rings. The Morgan fingerprint density at radius 3 is 2.22 bits per heavy atom. The number of carbonyl (C=O) groups excluding carboxylic acids is 1. The minimum absolute atomic E-state index is 0.142. The minimum Gasteiger partial charge on any atom is -0.322 e. The van der Waals surface area contributed by atoms with Gasteiger partial charge in [0.05, 0.1) is 17.0 Å². The Labute approximate surface area is 136 Å². The molecule has 0 spiro atoms. The fourth-order valence-corrected chi connectivity index (χ4v) is 2.41. The van der Waals surface area contributed by atoms with Crippen LogP contribution in [-0.4, -0.2) is 10.9 Å². The topological polar surface area (TPSA) is 42.0 Å². The fourth-order valence-electron chi connectivity index (χ4n) is 2.41. The minimum atomic E-state index is -0.142. The molecule has 0 unspecified atom stereocenters. The van der Waals surface area contributed by atoms with Crippen molar-refractivity contribution >= 4 is 11.6 Å². The number of hydrogen-bond donors (Lipinski definition) is 1. The number of pyridine rings is 1. The summed E-state index contributed by atoms with van der Waals surface area (Å²) in [6.07, 6.45) is 0. The zero-order chi connectivity index (χ0) is 16.2. The van der Waals surface area contributed by atoms with Crippen LogP contribution in [0.4, 0.5) is 5.69 Å². The van der Waals surface area contributed by atoms with Crippen LogP contribution in [0.25, 0.3) is 11.3 Å². The third kappa shape index (κ3) is 3.46. The third-order valence-corrected chi connectivity index (χ3v) is 3.71. The van der Waals surface area contributed by atoms with Crippen molar-refractivity contribution in [3.8, 4) is 11.3 Å². The largest absolute Gasteiger partial charge is 0.322 e. The van der Waals surface area contributed by atoms with E-state index in [0.29, 0.717) is 5.56 Å². The van der Waals surface area contributed by atoms with Crippen LogP contribution >= 0.6 is 0 Å². The van der Waals surface area contributed by atoms with E-state index in [0.717, 1.165) is 22.6 Å². The number of amides is 1. The number of carbonyl (C=O) groups is 1. The van der Waals surface area contributed by atoms with Crippen LogP contribution in [0.2, 0.25) is 0 Å². The number of nitrogens with one attached hydrogen (secondary N) is 1. The average molecular weight is 302 g/mol. The van der Waals surface area contributed by atoms with Gasteiger partial charge in [-0.25, -0.2) is 0 Å². The molecule has 114 valence electrons. The van der Waals surface area contributed by atoms with Crippen LogP contribution in [0.3, 0.4) is 0 Å². The molecule has 0 bridgehead atoms. The van der Waals surface area contributed by atoms with Gasteiger partial charge in [0, 0.05) is 11.3 Å². The summed E-state index contributed by atoms with van der Waals surface area (Å²) in [5, 5.41) is 2.89. The molecule has 23 heavy (non-hydrogen) atoms. The second-order valence-electron chi connectivity index (χ2n) is 5.52. The molecule has 1 N–H and O–H groups in total. The molecule has 0 saturated heterocycles. The van der Waals surface area contributed by atoms with Gasteiger partial charge < -0.3 is 5.32 Å². The zero-order valence-corrected chi connectivity index (χ0v) is 13.2. The number of nitrogens with zero attached hydrogens (tertiary/aromatic N) is 1. The van der Waals surface area contributed by atoms with E-state index in [1.807, 2.05) is 61.5 Å². The Hall–Kier alpha value is -2.94. The van der Waals surface area contributed by atoms with Crippen LogP contribution in [-0.2, 0) is 0 Å². The molecule has 1 amide bonds. The van der Waals surface area contributed by atoms with Gasteiger partial charge in [-0.15, -0.1) is 0 Å². The fraction of sp³-hybridized carbons (Fsp3) is 0.100. The molecule has 3 heteroatoms. The van der Waals surface area contributed by atoms with E-state index >= 15 is 0 Å².